The molecule has 0 aliphatic rings. The van der Waals surface area contributed by atoms with Gasteiger partial charge in [-0.15, -0.1) is 0 Å². The van der Waals surface area contributed by atoms with Gasteiger partial charge in [0.25, 0.3) is 0 Å². The van der Waals surface area contributed by atoms with Crippen molar-refractivity contribution in [2.45, 2.75) is 6.18 Å². The number of hydrogen-bond donors (Lipinski definition) is 3. The SMILES string of the molecule is FC(F)(F)c1ccccc1NC(=S)Nc1ccc2cn[nH]c2c1. The Morgan fingerprint density at radius 3 is 2.65 bits per heavy atom. The standard InChI is InChI=1S/C15H11F3N4S/c16-15(17,18)11-3-1-2-4-12(11)21-14(23)20-10-6-5-9-8-19-22-13(9)7-10/h1-8H,(H,19,22)(H2,20,21,23). The number of para-hydroxylation sites is 1. The molecule has 0 saturated carbocycles. The topological polar surface area (TPSA) is 52.7 Å². The van der Waals surface area contributed by atoms with Crippen LogP contribution in [0.3, 0.4) is 0 Å². The average Bonchev–Trinajstić information content (AvgIpc) is 2.94. The van der Waals surface area contributed by atoms with Gasteiger partial charge in [-0.3, -0.25) is 5.10 Å². The van der Waals surface area contributed by atoms with Crippen molar-refractivity contribution < 1.29 is 13.2 Å². The number of aromatic amines is 1. The van der Waals surface area contributed by atoms with Crippen molar-refractivity contribution in [1.82, 2.24) is 10.2 Å². The molecule has 0 bridgehead atoms. The number of thiocarbonyl (C=S) groups is 1. The lowest BCUT2D eigenvalue weighted by Crippen LogP contribution is -2.21. The number of alkyl halides is 3. The summed E-state index contributed by atoms with van der Waals surface area (Å²) < 4.78 is 38.8. The highest BCUT2D eigenvalue weighted by Crippen LogP contribution is 2.34. The summed E-state index contributed by atoms with van der Waals surface area (Å²) in [7, 11) is 0. The molecule has 3 aromatic rings. The van der Waals surface area contributed by atoms with Crippen LogP contribution in [0.15, 0.2) is 48.7 Å². The molecule has 23 heavy (non-hydrogen) atoms. The fraction of sp³-hybridized carbons (Fsp3) is 0.0667. The molecule has 4 nitrogen and oxygen atoms in total. The number of anilines is 2. The molecule has 3 rings (SSSR count). The quantitative estimate of drug-likeness (QED) is 0.608. The number of H-pyrrole nitrogens is 1. The summed E-state index contributed by atoms with van der Waals surface area (Å²) >= 11 is 5.09. The van der Waals surface area contributed by atoms with Crippen molar-refractivity contribution in [3.8, 4) is 0 Å². The molecule has 0 spiro atoms. The number of nitrogens with zero attached hydrogens (tertiary/aromatic N) is 1. The molecular formula is C15H11F3N4S. The van der Waals surface area contributed by atoms with E-state index in [9.17, 15) is 13.2 Å². The minimum Gasteiger partial charge on any atom is -0.332 e. The van der Waals surface area contributed by atoms with Crippen molar-refractivity contribution in [2.24, 2.45) is 0 Å². The zero-order valence-electron chi connectivity index (χ0n) is 11.6. The molecule has 0 saturated heterocycles. The van der Waals surface area contributed by atoms with Crippen molar-refractivity contribution in [3.05, 3.63) is 54.2 Å². The van der Waals surface area contributed by atoms with Crippen LogP contribution < -0.4 is 10.6 Å². The number of aromatic nitrogens is 2. The first kappa shape index (κ1) is 15.3. The van der Waals surface area contributed by atoms with E-state index in [1.807, 2.05) is 6.07 Å². The highest BCUT2D eigenvalue weighted by atomic mass is 32.1. The Morgan fingerprint density at radius 1 is 1.09 bits per heavy atom. The van der Waals surface area contributed by atoms with Crippen LogP contribution in [0.2, 0.25) is 0 Å². The van der Waals surface area contributed by atoms with E-state index in [1.54, 1.807) is 18.3 Å². The van der Waals surface area contributed by atoms with E-state index in [0.717, 1.165) is 17.0 Å². The third-order valence-electron chi connectivity index (χ3n) is 3.18. The molecule has 0 fully saturated rings. The number of fused-ring (bicyclic) bond motifs is 1. The van der Waals surface area contributed by atoms with Gasteiger partial charge in [0.05, 0.1) is 23.0 Å². The van der Waals surface area contributed by atoms with E-state index in [4.69, 9.17) is 12.2 Å². The minimum atomic E-state index is -4.45. The number of benzene rings is 2. The third-order valence-corrected chi connectivity index (χ3v) is 3.38. The third kappa shape index (κ3) is 3.42. The van der Waals surface area contributed by atoms with E-state index >= 15 is 0 Å². The molecule has 0 aliphatic heterocycles. The fourth-order valence-corrected chi connectivity index (χ4v) is 2.37. The largest absolute Gasteiger partial charge is 0.418 e. The van der Waals surface area contributed by atoms with Crippen molar-refractivity contribution in [3.63, 3.8) is 0 Å². The average molecular weight is 336 g/mol. The molecule has 0 aliphatic carbocycles. The van der Waals surface area contributed by atoms with Gasteiger partial charge in [0.2, 0.25) is 0 Å². The minimum absolute atomic E-state index is 0.0700. The lowest BCUT2D eigenvalue weighted by molar-refractivity contribution is -0.136. The highest BCUT2D eigenvalue weighted by Gasteiger charge is 2.33. The summed E-state index contributed by atoms with van der Waals surface area (Å²) in [6.07, 6.45) is -2.77. The molecule has 1 heterocycles. The van der Waals surface area contributed by atoms with Crippen LogP contribution in [0.25, 0.3) is 10.9 Å². The van der Waals surface area contributed by atoms with Crippen molar-refractivity contribution in [2.75, 3.05) is 10.6 Å². The molecule has 0 atom stereocenters. The van der Waals surface area contributed by atoms with Crippen molar-refractivity contribution in [1.29, 1.82) is 0 Å². The van der Waals surface area contributed by atoms with Gasteiger partial charge in [-0.25, -0.2) is 0 Å². The zero-order chi connectivity index (χ0) is 16.4. The maximum atomic E-state index is 12.9. The Balaban J connectivity index is 1.77. The van der Waals surface area contributed by atoms with E-state index < -0.39 is 11.7 Å². The second-order valence-corrected chi connectivity index (χ2v) is 5.20. The first-order valence-corrected chi connectivity index (χ1v) is 7.02. The van der Waals surface area contributed by atoms with Gasteiger partial charge in [-0.05, 0) is 42.5 Å². The van der Waals surface area contributed by atoms with Gasteiger partial charge in [-0.2, -0.15) is 18.3 Å². The van der Waals surface area contributed by atoms with Crippen LogP contribution in [-0.4, -0.2) is 15.3 Å². The summed E-state index contributed by atoms with van der Waals surface area (Å²) in [6.45, 7) is 0. The highest BCUT2D eigenvalue weighted by molar-refractivity contribution is 7.80. The van der Waals surface area contributed by atoms with Crippen LogP contribution in [0, 0.1) is 0 Å². The molecular weight excluding hydrogens is 325 g/mol. The summed E-state index contributed by atoms with van der Waals surface area (Å²) in [5.74, 6) is 0. The zero-order valence-corrected chi connectivity index (χ0v) is 12.4. The van der Waals surface area contributed by atoms with Crippen molar-refractivity contribution >= 4 is 39.6 Å². The number of halogens is 3. The number of rotatable bonds is 2. The summed E-state index contributed by atoms with van der Waals surface area (Å²) in [6, 6.07) is 10.5. The smallest absolute Gasteiger partial charge is 0.332 e. The predicted octanol–water partition coefficient (Wildman–Crippen LogP) is 4.39. The van der Waals surface area contributed by atoms with Crippen LogP contribution >= 0.6 is 12.2 Å². The number of nitrogens with one attached hydrogen (secondary N) is 3. The molecule has 0 amide bonds. The van der Waals surface area contributed by atoms with Crippen LogP contribution in [-0.2, 0) is 6.18 Å². The van der Waals surface area contributed by atoms with Gasteiger partial charge < -0.3 is 10.6 Å². The number of hydrogen-bond acceptors (Lipinski definition) is 2. The second kappa shape index (κ2) is 5.88. The fourth-order valence-electron chi connectivity index (χ4n) is 2.14. The van der Waals surface area contributed by atoms with Crippen LogP contribution in [0.5, 0.6) is 0 Å². The maximum Gasteiger partial charge on any atom is 0.418 e. The molecule has 0 unspecified atom stereocenters. The van der Waals surface area contributed by atoms with E-state index in [1.165, 1.54) is 18.2 Å². The summed E-state index contributed by atoms with van der Waals surface area (Å²) in [5.41, 5.74) is 0.575. The Hall–Kier alpha value is -2.61. The van der Waals surface area contributed by atoms with Gasteiger partial charge in [-0.1, -0.05) is 12.1 Å². The van der Waals surface area contributed by atoms with Gasteiger partial charge in [0.15, 0.2) is 5.11 Å². The molecule has 3 N–H and O–H groups in total. The molecule has 2 aromatic carbocycles. The van der Waals surface area contributed by atoms with Gasteiger partial charge in [0.1, 0.15) is 0 Å². The lowest BCUT2D eigenvalue weighted by atomic mass is 10.1. The van der Waals surface area contributed by atoms with Gasteiger partial charge >= 0.3 is 6.18 Å². The normalized spacial score (nSPS) is 11.4. The first-order chi connectivity index (χ1) is 10.9. The maximum absolute atomic E-state index is 12.9. The van der Waals surface area contributed by atoms with E-state index in [0.29, 0.717) is 5.69 Å². The molecule has 8 heteroatoms. The molecule has 1 aromatic heterocycles. The monoisotopic (exact) mass is 336 g/mol. The Kier molecular flexibility index (Phi) is 3.91. The molecule has 118 valence electrons. The first-order valence-electron chi connectivity index (χ1n) is 6.61. The Labute approximate surface area is 134 Å². The lowest BCUT2D eigenvalue weighted by Gasteiger charge is -2.15. The summed E-state index contributed by atoms with van der Waals surface area (Å²) in [5, 5.41) is 13.1. The predicted molar refractivity (Wildman–Crippen MR) is 87.4 cm³/mol. The molecule has 0 radical (unpaired) electrons. The Bertz CT molecular complexity index is 857. The second-order valence-electron chi connectivity index (χ2n) is 4.79. The van der Waals surface area contributed by atoms with E-state index in [2.05, 4.69) is 20.8 Å². The van der Waals surface area contributed by atoms with Gasteiger partial charge in [0, 0.05) is 11.1 Å². The van der Waals surface area contributed by atoms with Crippen LogP contribution in [0.1, 0.15) is 5.56 Å². The van der Waals surface area contributed by atoms with Crippen LogP contribution in [0.4, 0.5) is 24.5 Å². The summed E-state index contributed by atoms with van der Waals surface area (Å²) in [4.78, 5) is 0. The Morgan fingerprint density at radius 2 is 1.87 bits per heavy atom. The van der Waals surface area contributed by atoms with E-state index in [-0.39, 0.29) is 10.8 Å².